The number of rotatable bonds is 5. The summed E-state index contributed by atoms with van der Waals surface area (Å²) in [6, 6.07) is 17.8. The van der Waals surface area contributed by atoms with Crippen LogP contribution >= 0.6 is 0 Å². The molecule has 2 rings (SSSR count). The molecule has 3 heteroatoms. The van der Waals surface area contributed by atoms with Crippen LogP contribution in [0.5, 0.6) is 0 Å². The van der Waals surface area contributed by atoms with Gasteiger partial charge in [0.25, 0.3) is 6.47 Å². The molecule has 0 fully saturated rings. The van der Waals surface area contributed by atoms with Gasteiger partial charge in [0, 0.05) is 11.1 Å². The average molecular weight is 254 g/mol. The molecule has 0 amide bonds. The molecule has 3 nitrogen and oxygen atoms in total. The lowest BCUT2D eigenvalue weighted by Gasteiger charge is -2.26. The SMILES string of the molecule is CC(OC=O)(C(=O)c1ccccc1)c1ccccc1. The van der Waals surface area contributed by atoms with E-state index in [-0.39, 0.29) is 5.78 Å². The fourth-order valence-corrected chi connectivity index (χ4v) is 1.97. The molecule has 2 aromatic rings. The summed E-state index contributed by atoms with van der Waals surface area (Å²) < 4.78 is 5.10. The Morgan fingerprint density at radius 2 is 1.53 bits per heavy atom. The summed E-state index contributed by atoms with van der Waals surface area (Å²) >= 11 is 0. The lowest BCUT2D eigenvalue weighted by atomic mass is 9.87. The summed E-state index contributed by atoms with van der Waals surface area (Å²) in [4.78, 5) is 23.3. The van der Waals surface area contributed by atoms with E-state index in [1.165, 1.54) is 0 Å². The predicted molar refractivity (Wildman–Crippen MR) is 71.7 cm³/mol. The Balaban J connectivity index is 2.46. The van der Waals surface area contributed by atoms with Crippen LogP contribution in [0.4, 0.5) is 0 Å². The summed E-state index contributed by atoms with van der Waals surface area (Å²) in [5.74, 6) is -0.244. The van der Waals surface area contributed by atoms with Gasteiger partial charge in [0.2, 0.25) is 5.78 Å². The first-order valence-electron chi connectivity index (χ1n) is 5.95. The number of carbonyl (C=O) groups excluding carboxylic acids is 2. The van der Waals surface area contributed by atoms with E-state index in [1.54, 1.807) is 55.5 Å². The van der Waals surface area contributed by atoms with Crippen LogP contribution in [0.25, 0.3) is 0 Å². The van der Waals surface area contributed by atoms with Gasteiger partial charge in [-0.25, -0.2) is 0 Å². The minimum absolute atomic E-state index is 0.244. The molecule has 0 radical (unpaired) electrons. The first-order valence-corrected chi connectivity index (χ1v) is 5.95. The van der Waals surface area contributed by atoms with E-state index in [0.717, 1.165) is 0 Å². The van der Waals surface area contributed by atoms with Crippen molar-refractivity contribution in [1.29, 1.82) is 0 Å². The van der Waals surface area contributed by atoms with Crippen LogP contribution < -0.4 is 0 Å². The molecule has 0 spiro atoms. The molecule has 0 bridgehead atoms. The van der Waals surface area contributed by atoms with Gasteiger partial charge in [-0.15, -0.1) is 0 Å². The zero-order valence-electron chi connectivity index (χ0n) is 10.6. The van der Waals surface area contributed by atoms with Gasteiger partial charge in [-0.3, -0.25) is 9.59 Å². The van der Waals surface area contributed by atoms with Crippen LogP contribution in [0, 0.1) is 0 Å². The first kappa shape index (κ1) is 13.0. The third kappa shape index (κ3) is 2.55. The van der Waals surface area contributed by atoms with Crippen molar-refractivity contribution in [2.24, 2.45) is 0 Å². The summed E-state index contributed by atoms with van der Waals surface area (Å²) in [6.07, 6.45) is 0. The maximum Gasteiger partial charge on any atom is 0.294 e. The number of ether oxygens (including phenoxy) is 1. The molecule has 0 aromatic heterocycles. The Hall–Kier alpha value is -2.42. The minimum Gasteiger partial charge on any atom is -0.448 e. The fourth-order valence-electron chi connectivity index (χ4n) is 1.97. The van der Waals surface area contributed by atoms with Crippen molar-refractivity contribution in [2.75, 3.05) is 0 Å². The monoisotopic (exact) mass is 254 g/mol. The number of hydrogen-bond acceptors (Lipinski definition) is 3. The fraction of sp³-hybridized carbons (Fsp3) is 0.125. The van der Waals surface area contributed by atoms with Crippen molar-refractivity contribution in [3.8, 4) is 0 Å². The highest BCUT2D eigenvalue weighted by Gasteiger charge is 2.37. The van der Waals surface area contributed by atoms with Gasteiger partial charge in [0.15, 0.2) is 5.60 Å². The smallest absolute Gasteiger partial charge is 0.294 e. The Labute approximate surface area is 111 Å². The van der Waals surface area contributed by atoms with Gasteiger partial charge < -0.3 is 4.74 Å². The van der Waals surface area contributed by atoms with E-state index in [1.807, 2.05) is 12.1 Å². The number of ketones is 1. The highest BCUT2D eigenvalue weighted by molar-refractivity contribution is 6.03. The minimum atomic E-state index is -1.30. The molecule has 0 N–H and O–H groups in total. The third-order valence-corrected chi connectivity index (χ3v) is 3.08. The van der Waals surface area contributed by atoms with Crippen LogP contribution in [-0.4, -0.2) is 12.3 Å². The molecule has 2 aromatic carbocycles. The Bertz CT molecular complexity index is 563. The van der Waals surface area contributed by atoms with Crippen molar-refractivity contribution < 1.29 is 14.3 Å². The largest absolute Gasteiger partial charge is 0.448 e. The molecule has 0 saturated heterocycles. The highest BCUT2D eigenvalue weighted by atomic mass is 16.5. The van der Waals surface area contributed by atoms with E-state index < -0.39 is 5.60 Å². The summed E-state index contributed by atoms with van der Waals surface area (Å²) in [7, 11) is 0. The summed E-state index contributed by atoms with van der Waals surface area (Å²) in [5.41, 5.74) is -0.142. The quantitative estimate of drug-likeness (QED) is 0.608. The van der Waals surface area contributed by atoms with Crippen LogP contribution in [0.2, 0.25) is 0 Å². The van der Waals surface area contributed by atoms with E-state index >= 15 is 0 Å². The van der Waals surface area contributed by atoms with E-state index in [0.29, 0.717) is 17.6 Å². The Kier molecular flexibility index (Phi) is 3.76. The summed E-state index contributed by atoms with van der Waals surface area (Å²) in [5, 5.41) is 0. The molecule has 1 unspecified atom stereocenters. The molecule has 0 heterocycles. The van der Waals surface area contributed by atoms with Crippen LogP contribution in [0.1, 0.15) is 22.8 Å². The van der Waals surface area contributed by atoms with Crippen LogP contribution in [-0.2, 0) is 15.1 Å². The van der Waals surface area contributed by atoms with Gasteiger partial charge in [-0.05, 0) is 6.92 Å². The molecule has 0 saturated carbocycles. The number of hydrogen-bond donors (Lipinski definition) is 0. The topological polar surface area (TPSA) is 43.4 Å². The third-order valence-electron chi connectivity index (χ3n) is 3.08. The Morgan fingerprint density at radius 3 is 2.05 bits per heavy atom. The molecule has 0 aliphatic rings. The van der Waals surface area contributed by atoms with Gasteiger partial charge in [-0.2, -0.15) is 0 Å². The van der Waals surface area contributed by atoms with Gasteiger partial charge >= 0.3 is 0 Å². The van der Waals surface area contributed by atoms with E-state index in [4.69, 9.17) is 4.74 Å². The standard InChI is InChI=1S/C16H14O3/c1-16(19-12-17,14-10-6-3-7-11-14)15(18)13-8-4-2-5-9-13/h2-12H,1H3. The zero-order valence-corrected chi connectivity index (χ0v) is 10.6. The zero-order chi connectivity index (χ0) is 13.7. The van der Waals surface area contributed by atoms with E-state index in [9.17, 15) is 9.59 Å². The molecule has 0 aliphatic heterocycles. The van der Waals surface area contributed by atoms with Crippen molar-refractivity contribution in [3.05, 3.63) is 71.8 Å². The number of benzene rings is 2. The predicted octanol–water partition coefficient (Wildman–Crippen LogP) is 2.96. The van der Waals surface area contributed by atoms with Gasteiger partial charge in [0.1, 0.15) is 0 Å². The van der Waals surface area contributed by atoms with E-state index in [2.05, 4.69) is 0 Å². The second-order valence-electron chi connectivity index (χ2n) is 4.31. The lowest BCUT2D eigenvalue weighted by Crippen LogP contribution is -2.35. The van der Waals surface area contributed by atoms with Crippen molar-refractivity contribution >= 4 is 12.3 Å². The van der Waals surface area contributed by atoms with Crippen LogP contribution in [0.3, 0.4) is 0 Å². The normalized spacial score (nSPS) is 13.3. The van der Waals surface area contributed by atoms with Crippen molar-refractivity contribution in [1.82, 2.24) is 0 Å². The lowest BCUT2D eigenvalue weighted by molar-refractivity contribution is -0.138. The van der Waals surface area contributed by atoms with Crippen molar-refractivity contribution in [3.63, 3.8) is 0 Å². The number of Topliss-reactive ketones (excluding diaryl/α,β-unsaturated/α-hetero) is 1. The molecule has 0 aliphatic carbocycles. The molecule has 19 heavy (non-hydrogen) atoms. The molecule has 96 valence electrons. The number of carbonyl (C=O) groups is 2. The second kappa shape index (κ2) is 5.48. The average Bonchev–Trinajstić information content (AvgIpc) is 2.48. The first-order chi connectivity index (χ1) is 9.18. The maximum atomic E-state index is 12.6. The molecular formula is C16H14O3. The van der Waals surface area contributed by atoms with Crippen LogP contribution in [0.15, 0.2) is 60.7 Å². The molecule has 1 atom stereocenters. The highest BCUT2D eigenvalue weighted by Crippen LogP contribution is 2.28. The second-order valence-corrected chi connectivity index (χ2v) is 4.31. The van der Waals surface area contributed by atoms with Crippen molar-refractivity contribution in [2.45, 2.75) is 12.5 Å². The summed E-state index contributed by atoms with van der Waals surface area (Å²) in [6.45, 7) is 1.92. The Morgan fingerprint density at radius 1 is 1.00 bits per heavy atom. The molecular weight excluding hydrogens is 240 g/mol. The maximum absolute atomic E-state index is 12.6. The van der Waals surface area contributed by atoms with Gasteiger partial charge in [-0.1, -0.05) is 60.7 Å². The van der Waals surface area contributed by atoms with Gasteiger partial charge in [0.05, 0.1) is 0 Å².